The number of hydrogen-bond donors (Lipinski definition) is 0. The average molecular weight is 300 g/mol. The Bertz CT molecular complexity index is 460. The summed E-state index contributed by atoms with van der Waals surface area (Å²) in [7, 11) is 2.65. The Morgan fingerprint density at radius 3 is 2.19 bits per heavy atom. The second-order valence-electron chi connectivity index (χ2n) is 6.12. The standard InChI is InChI=1S/C14H20O7/c1-14(2)20-11-9-6(5-7(15)17-3)8(13(16)18-4)10(19-9)12(11)21-14/h6,8-12H,5H2,1-4H3/t6-,8-,9-,10-,11-,12+/m1/s1. The van der Waals surface area contributed by atoms with Gasteiger partial charge >= 0.3 is 11.9 Å². The van der Waals surface area contributed by atoms with E-state index in [1.165, 1.54) is 14.2 Å². The molecule has 7 nitrogen and oxygen atoms in total. The maximum absolute atomic E-state index is 12.1. The molecule has 6 atom stereocenters. The van der Waals surface area contributed by atoms with Gasteiger partial charge in [0.1, 0.15) is 18.3 Å². The number of ether oxygens (including phenoxy) is 5. The molecule has 2 bridgehead atoms. The summed E-state index contributed by atoms with van der Waals surface area (Å²) in [5.41, 5.74) is 0. The van der Waals surface area contributed by atoms with E-state index in [1.54, 1.807) is 0 Å². The van der Waals surface area contributed by atoms with E-state index in [9.17, 15) is 9.59 Å². The minimum absolute atomic E-state index is 0.102. The smallest absolute Gasteiger partial charge is 0.311 e. The van der Waals surface area contributed by atoms with Gasteiger partial charge < -0.3 is 23.7 Å². The molecule has 0 unspecified atom stereocenters. The summed E-state index contributed by atoms with van der Waals surface area (Å²) in [5.74, 6) is -2.31. The zero-order chi connectivity index (χ0) is 15.4. The predicted octanol–water partition coefficient (Wildman–Crippen LogP) is 0.256. The largest absolute Gasteiger partial charge is 0.469 e. The van der Waals surface area contributed by atoms with Crippen LogP contribution in [0, 0.1) is 11.8 Å². The Hall–Kier alpha value is -1.18. The van der Waals surface area contributed by atoms with Crippen molar-refractivity contribution in [3.05, 3.63) is 0 Å². The number of rotatable bonds is 3. The molecule has 7 heteroatoms. The van der Waals surface area contributed by atoms with Crippen molar-refractivity contribution >= 4 is 11.9 Å². The predicted molar refractivity (Wildman–Crippen MR) is 68.1 cm³/mol. The molecular weight excluding hydrogens is 280 g/mol. The first-order valence-corrected chi connectivity index (χ1v) is 7.03. The first-order valence-electron chi connectivity index (χ1n) is 7.03. The third kappa shape index (κ3) is 2.23. The Morgan fingerprint density at radius 1 is 1.00 bits per heavy atom. The topological polar surface area (TPSA) is 80.3 Å². The second-order valence-corrected chi connectivity index (χ2v) is 6.12. The van der Waals surface area contributed by atoms with Crippen molar-refractivity contribution < 1.29 is 33.3 Å². The zero-order valence-corrected chi connectivity index (χ0v) is 12.5. The Labute approximate surface area is 122 Å². The van der Waals surface area contributed by atoms with Crippen LogP contribution in [0.3, 0.4) is 0 Å². The molecule has 0 aliphatic carbocycles. The highest BCUT2D eigenvalue weighted by Gasteiger charge is 2.67. The van der Waals surface area contributed by atoms with Crippen LogP contribution in [0.4, 0.5) is 0 Å². The maximum atomic E-state index is 12.1. The van der Waals surface area contributed by atoms with Crippen molar-refractivity contribution in [1.82, 2.24) is 0 Å². The third-order valence-corrected chi connectivity index (χ3v) is 4.47. The number of hydrogen-bond acceptors (Lipinski definition) is 7. The summed E-state index contributed by atoms with van der Waals surface area (Å²) in [5, 5.41) is 0. The molecule has 3 saturated heterocycles. The molecule has 0 amide bonds. The van der Waals surface area contributed by atoms with Crippen molar-refractivity contribution in [2.75, 3.05) is 14.2 Å². The molecule has 3 rings (SSSR count). The van der Waals surface area contributed by atoms with Crippen molar-refractivity contribution in [1.29, 1.82) is 0 Å². The quantitative estimate of drug-likeness (QED) is 0.691. The van der Waals surface area contributed by atoms with E-state index in [-0.39, 0.29) is 42.6 Å². The number of carbonyl (C=O) groups excluding carboxylic acids is 2. The zero-order valence-electron chi connectivity index (χ0n) is 12.5. The van der Waals surface area contributed by atoms with Gasteiger partial charge in [0, 0.05) is 5.92 Å². The van der Waals surface area contributed by atoms with Crippen LogP contribution in [0.2, 0.25) is 0 Å². The van der Waals surface area contributed by atoms with Crippen LogP contribution in [-0.2, 0) is 33.3 Å². The summed E-state index contributed by atoms with van der Waals surface area (Å²) in [6, 6.07) is 0. The van der Waals surface area contributed by atoms with Crippen molar-refractivity contribution in [2.24, 2.45) is 11.8 Å². The van der Waals surface area contributed by atoms with Gasteiger partial charge in [0.05, 0.1) is 32.7 Å². The molecule has 0 N–H and O–H groups in total. The fraction of sp³-hybridized carbons (Fsp3) is 0.857. The molecule has 0 spiro atoms. The minimum Gasteiger partial charge on any atom is -0.469 e. The molecule has 3 heterocycles. The molecular formula is C14H20O7. The van der Waals surface area contributed by atoms with E-state index < -0.39 is 17.8 Å². The number of esters is 2. The van der Waals surface area contributed by atoms with E-state index in [2.05, 4.69) is 0 Å². The van der Waals surface area contributed by atoms with Crippen LogP contribution in [0.15, 0.2) is 0 Å². The molecule has 0 aromatic rings. The lowest BCUT2D eigenvalue weighted by Crippen LogP contribution is -2.48. The van der Waals surface area contributed by atoms with E-state index >= 15 is 0 Å². The monoisotopic (exact) mass is 300 g/mol. The highest BCUT2D eigenvalue weighted by molar-refractivity contribution is 5.77. The van der Waals surface area contributed by atoms with E-state index in [4.69, 9.17) is 23.7 Å². The van der Waals surface area contributed by atoms with Crippen molar-refractivity contribution in [3.63, 3.8) is 0 Å². The third-order valence-electron chi connectivity index (χ3n) is 4.47. The highest BCUT2D eigenvalue weighted by Crippen LogP contribution is 2.52. The lowest BCUT2D eigenvalue weighted by atomic mass is 9.75. The van der Waals surface area contributed by atoms with Gasteiger partial charge in [0.15, 0.2) is 5.79 Å². The van der Waals surface area contributed by atoms with Crippen LogP contribution in [0.5, 0.6) is 0 Å². The second kappa shape index (κ2) is 4.93. The first kappa shape index (κ1) is 14.7. The van der Waals surface area contributed by atoms with Crippen LogP contribution >= 0.6 is 0 Å². The van der Waals surface area contributed by atoms with Gasteiger partial charge in [-0.1, -0.05) is 0 Å². The fourth-order valence-electron chi connectivity index (χ4n) is 3.71. The molecule has 0 aromatic heterocycles. The van der Waals surface area contributed by atoms with E-state index in [1.807, 2.05) is 13.8 Å². The van der Waals surface area contributed by atoms with Crippen molar-refractivity contribution in [2.45, 2.75) is 50.5 Å². The Morgan fingerprint density at radius 2 is 1.62 bits per heavy atom. The highest BCUT2D eigenvalue weighted by atomic mass is 16.8. The fourth-order valence-corrected chi connectivity index (χ4v) is 3.71. The normalized spacial score (nSPS) is 42.7. The average Bonchev–Trinajstić information content (AvgIpc) is 3.04. The van der Waals surface area contributed by atoms with Gasteiger partial charge in [-0.15, -0.1) is 0 Å². The van der Waals surface area contributed by atoms with Crippen LogP contribution in [0.1, 0.15) is 20.3 Å². The summed E-state index contributed by atoms with van der Waals surface area (Å²) < 4.78 is 27.2. The van der Waals surface area contributed by atoms with Gasteiger partial charge in [-0.05, 0) is 13.8 Å². The summed E-state index contributed by atoms with van der Waals surface area (Å²) in [6.07, 6.45) is -1.26. The van der Waals surface area contributed by atoms with Gasteiger partial charge in [-0.25, -0.2) is 0 Å². The van der Waals surface area contributed by atoms with E-state index in [0.717, 1.165) is 0 Å². The summed E-state index contributed by atoms with van der Waals surface area (Å²) >= 11 is 0. The van der Waals surface area contributed by atoms with Gasteiger partial charge in [-0.2, -0.15) is 0 Å². The molecule has 0 radical (unpaired) electrons. The van der Waals surface area contributed by atoms with Crippen LogP contribution in [-0.4, -0.2) is 56.4 Å². The molecule has 0 saturated carbocycles. The minimum atomic E-state index is -0.712. The molecule has 21 heavy (non-hydrogen) atoms. The molecule has 3 aliphatic rings. The van der Waals surface area contributed by atoms with Gasteiger partial charge in [-0.3, -0.25) is 9.59 Å². The first-order chi connectivity index (χ1) is 9.88. The number of methoxy groups -OCH3 is 2. The summed E-state index contributed by atoms with van der Waals surface area (Å²) in [6.45, 7) is 3.65. The molecule has 3 aliphatic heterocycles. The molecule has 0 aromatic carbocycles. The van der Waals surface area contributed by atoms with Gasteiger partial charge in [0.25, 0.3) is 0 Å². The van der Waals surface area contributed by atoms with E-state index in [0.29, 0.717) is 0 Å². The molecule has 118 valence electrons. The number of carbonyl (C=O) groups is 2. The number of fused-ring (bicyclic) bond motifs is 5. The Kier molecular flexibility index (Phi) is 3.46. The summed E-state index contributed by atoms with van der Waals surface area (Å²) in [4.78, 5) is 23.7. The molecule has 3 fully saturated rings. The lowest BCUT2D eigenvalue weighted by molar-refractivity contribution is -0.181. The lowest BCUT2D eigenvalue weighted by Gasteiger charge is -2.30. The van der Waals surface area contributed by atoms with Crippen LogP contribution in [0.25, 0.3) is 0 Å². The van der Waals surface area contributed by atoms with Gasteiger partial charge in [0.2, 0.25) is 0 Å². The maximum Gasteiger partial charge on any atom is 0.311 e. The Balaban J connectivity index is 1.86. The van der Waals surface area contributed by atoms with Crippen molar-refractivity contribution in [3.8, 4) is 0 Å². The SMILES string of the molecule is COC(=O)C[C@H]1[C@H]2O[C@@H]([C@@H]3OC(C)(C)O[C@@H]32)[C@@H]1C(=O)OC. The van der Waals surface area contributed by atoms with Crippen LogP contribution < -0.4 is 0 Å².